The average molecular weight is 465 g/mol. The lowest BCUT2D eigenvalue weighted by molar-refractivity contribution is -0.118. The second-order valence-corrected chi connectivity index (χ2v) is 9.49. The Labute approximate surface area is 193 Å². The van der Waals surface area contributed by atoms with Gasteiger partial charge >= 0.3 is 0 Å². The Morgan fingerprint density at radius 2 is 1.85 bits per heavy atom. The van der Waals surface area contributed by atoms with Crippen molar-refractivity contribution < 1.29 is 13.2 Å². The van der Waals surface area contributed by atoms with Gasteiger partial charge in [-0.05, 0) is 42.9 Å². The summed E-state index contributed by atoms with van der Waals surface area (Å²) in [6.07, 6.45) is 1.60. The lowest BCUT2D eigenvalue weighted by Gasteiger charge is -2.11. The molecule has 3 aromatic rings. The van der Waals surface area contributed by atoms with Crippen LogP contribution in [0.1, 0.15) is 25.0 Å². The van der Waals surface area contributed by atoms with Crippen molar-refractivity contribution in [1.29, 1.82) is 5.26 Å². The Morgan fingerprint density at radius 1 is 1.12 bits per heavy atom. The number of nitrogens with one attached hydrogen (secondary N) is 3. The van der Waals surface area contributed by atoms with Gasteiger partial charge in [0.2, 0.25) is 21.9 Å². The van der Waals surface area contributed by atoms with Crippen LogP contribution in [-0.4, -0.2) is 31.3 Å². The van der Waals surface area contributed by atoms with Crippen LogP contribution in [0.25, 0.3) is 11.3 Å². The third kappa shape index (κ3) is 6.35. The fourth-order valence-corrected chi connectivity index (χ4v) is 3.64. The monoisotopic (exact) mass is 464 g/mol. The summed E-state index contributed by atoms with van der Waals surface area (Å²) in [5.74, 6) is -0.125. The smallest absolute Gasteiger partial charge is 0.227 e. The molecule has 0 bridgehead atoms. The number of sulfonamides is 1. The van der Waals surface area contributed by atoms with E-state index < -0.39 is 10.0 Å². The molecule has 0 atom stereocenters. The van der Waals surface area contributed by atoms with Crippen LogP contribution in [0.4, 0.5) is 17.3 Å². The van der Waals surface area contributed by atoms with E-state index in [1.807, 2.05) is 0 Å². The molecule has 1 heterocycles. The molecule has 0 aliphatic carbocycles. The molecule has 0 spiro atoms. The number of nitrogens with zero attached hydrogens (tertiary/aromatic N) is 3. The van der Waals surface area contributed by atoms with Gasteiger partial charge < -0.3 is 10.6 Å². The second kappa shape index (κ2) is 10.2. The first-order chi connectivity index (χ1) is 15.7. The highest BCUT2D eigenvalue weighted by Crippen LogP contribution is 2.25. The quantitative estimate of drug-likeness (QED) is 0.465. The first-order valence-corrected chi connectivity index (χ1v) is 11.8. The van der Waals surface area contributed by atoms with Crippen LogP contribution in [-0.2, 0) is 20.6 Å². The van der Waals surface area contributed by atoms with Crippen LogP contribution in [0.5, 0.6) is 0 Å². The van der Waals surface area contributed by atoms with Crippen LogP contribution >= 0.6 is 0 Å². The maximum atomic E-state index is 12.0. The highest BCUT2D eigenvalue weighted by atomic mass is 32.2. The molecule has 0 aliphatic rings. The summed E-state index contributed by atoms with van der Waals surface area (Å²) >= 11 is 0. The van der Waals surface area contributed by atoms with Gasteiger partial charge in [0.15, 0.2) is 0 Å². The normalized spacial score (nSPS) is 11.1. The van der Waals surface area contributed by atoms with E-state index in [-0.39, 0.29) is 17.6 Å². The van der Waals surface area contributed by atoms with E-state index in [2.05, 4.69) is 31.4 Å². The molecule has 0 radical (unpaired) electrons. The number of amides is 1. The van der Waals surface area contributed by atoms with Gasteiger partial charge in [-0.1, -0.05) is 32.0 Å². The minimum atomic E-state index is -3.34. The van der Waals surface area contributed by atoms with Gasteiger partial charge in [0.25, 0.3) is 0 Å². The third-order valence-electron chi connectivity index (χ3n) is 4.75. The van der Waals surface area contributed by atoms with Gasteiger partial charge in [0, 0.05) is 23.4 Å². The molecule has 0 saturated heterocycles. The highest BCUT2D eigenvalue weighted by Gasteiger charge is 2.12. The highest BCUT2D eigenvalue weighted by molar-refractivity contribution is 7.88. The number of aromatic nitrogens is 2. The zero-order valence-corrected chi connectivity index (χ0v) is 19.3. The van der Waals surface area contributed by atoms with Crippen molar-refractivity contribution in [2.45, 2.75) is 19.6 Å². The minimum Gasteiger partial charge on any atom is -0.325 e. The van der Waals surface area contributed by atoms with Gasteiger partial charge in [-0.3, -0.25) is 4.79 Å². The summed E-state index contributed by atoms with van der Waals surface area (Å²) in [7, 11) is -1.96. The number of rotatable bonds is 8. The van der Waals surface area contributed by atoms with Crippen molar-refractivity contribution in [2.24, 2.45) is 5.92 Å². The predicted molar refractivity (Wildman–Crippen MR) is 127 cm³/mol. The Morgan fingerprint density at radius 3 is 2.48 bits per heavy atom. The number of benzene rings is 2. The van der Waals surface area contributed by atoms with E-state index in [1.165, 1.54) is 7.05 Å². The lowest BCUT2D eigenvalue weighted by Crippen LogP contribution is -2.20. The molecule has 3 rings (SSSR count). The average Bonchev–Trinajstić information content (AvgIpc) is 2.80. The molecule has 1 aromatic heterocycles. The van der Waals surface area contributed by atoms with E-state index in [4.69, 9.17) is 0 Å². The summed E-state index contributed by atoms with van der Waals surface area (Å²) in [5, 5.41) is 15.4. The van der Waals surface area contributed by atoms with Gasteiger partial charge in [-0.25, -0.2) is 23.1 Å². The molecule has 9 nitrogen and oxygen atoms in total. The first-order valence-electron chi connectivity index (χ1n) is 10.2. The first kappa shape index (κ1) is 23.8. The SMILES string of the molecule is CNS(=O)(=O)Cc1ccc(Nc2nccc(-c3ccc(NC(=O)C(C)C)c(C#N)c3)n2)cc1. The molecule has 0 saturated carbocycles. The van der Waals surface area contributed by atoms with Crippen LogP contribution in [0.2, 0.25) is 0 Å². The molecule has 0 unspecified atom stereocenters. The van der Waals surface area contributed by atoms with E-state index in [1.54, 1.807) is 68.6 Å². The number of carbonyl (C=O) groups is 1. The number of hydrogen-bond acceptors (Lipinski definition) is 7. The molecule has 0 aliphatic heterocycles. The van der Waals surface area contributed by atoms with Crippen LogP contribution in [0.15, 0.2) is 54.7 Å². The molecule has 10 heteroatoms. The summed E-state index contributed by atoms with van der Waals surface area (Å²) < 4.78 is 25.6. The minimum absolute atomic E-state index is 0.107. The van der Waals surface area contributed by atoms with E-state index in [0.29, 0.717) is 39.7 Å². The van der Waals surface area contributed by atoms with Crippen molar-refractivity contribution in [3.05, 3.63) is 65.9 Å². The van der Waals surface area contributed by atoms with Crippen molar-refractivity contribution >= 4 is 33.3 Å². The van der Waals surface area contributed by atoms with Crippen molar-refractivity contribution in [1.82, 2.24) is 14.7 Å². The van der Waals surface area contributed by atoms with Crippen molar-refractivity contribution in [3.63, 3.8) is 0 Å². The molecule has 0 fully saturated rings. The molecular formula is C23H24N6O3S. The largest absolute Gasteiger partial charge is 0.325 e. The topological polar surface area (TPSA) is 137 Å². The van der Waals surface area contributed by atoms with Gasteiger partial charge in [0.05, 0.1) is 22.7 Å². The Bertz CT molecular complexity index is 1300. The zero-order chi connectivity index (χ0) is 24.0. The van der Waals surface area contributed by atoms with E-state index in [9.17, 15) is 18.5 Å². The summed E-state index contributed by atoms with van der Waals surface area (Å²) in [5.41, 5.74) is 3.43. The van der Waals surface area contributed by atoms with Gasteiger partial charge in [0.1, 0.15) is 6.07 Å². The number of anilines is 3. The summed E-state index contributed by atoms with van der Waals surface area (Å²) in [6.45, 7) is 3.56. The number of nitriles is 1. The maximum absolute atomic E-state index is 12.0. The van der Waals surface area contributed by atoms with Gasteiger partial charge in [-0.15, -0.1) is 0 Å². The lowest BCUT2D eigenvalue weighted by atomic mass is 10.1. The molecular weight excluding hydrogens is 440 g/mol. The Hall–Kier alpha value is -3.81. The third-order valence-corrected chi connectivity index (χ3v) is 6.09. The standard InChI is InChI=1S/C23H24N6O3S/c1-15(2)22(30)28-20-9-6-17(12-18(20)13-24)21-10-11-26-23(29-21)27-19-7-4-16(5-8-19)14-33(31,32)25-3/h4-12,15,25H,14H2,1-3H3,(H,28,30)(H,26,27,29). The van der Waals surface area contributed by atoms with Crippen LogP contribution in [0.3, 0.4) is 0 Å². The molecule has 33 heavy (non-hydrogen) atoms. The second-order valence-electron chi connectivity index (χ2n) is 7.57. The fourth-order valence-electron chi connectivity index (χ4n) is 2.87. The Kier molecular flexibility index (Phi) is 7.37. The van der Waals surface area contributed by atoms with Crippen molar-refractivity contribution in [3.8, 4) is 17.3 Å². The molecule has 170 valence electrons. The summed E-state index contributed by atoms with van der Waals surface area (Å²) in [6, 6.07) is 15.9. The maximum Gasteiger partial charge on any atom is 0.227 e. The molecule has 3 N–H and O–H groups in total. The fraction of sp³-hybridized carbons (Fsp3) is 0.217. The summed E-state index contributed by atoms with van der Waals surface area (Å²) in [4.78, 5) is 20.7. The molecule has 2 aromatic carbocycles. The zero-order valence-electron chi connectivity index (χ0n) is 18.5. The van der Waals surface area contributed by atoms with E-state index in [0.717, 1.165) is 0 Å². The molecule has 1 amide bonds. The Balaban J connectivity index is 1.78. The number of hydrogen-bond donors (Lipinski definition) is 3. The van der Waals surface area contributed by atoms with E-state index >= 15 is 0 Å². The van der Waals surface area contributed by atoms with Crippen LogP contribution in [0, 0.1) is 17.2 Å². The van der Waals surface area contributed by atoms with Crippen molar-refractivity contribution in [2.75, 3.05) is 17.7 Å². The number of carbonyl (C=O) groups excluding carboxylic acids is 1. The van der Waals surface area contributed by atoms with Crippen LogP contribution < -0.4 is 15.4 Å². The van der Waals surface area contributed by atoms with Gasteiger partial charge in [-0.2, -0.15) is 5.26 Å². The predicted octanol–water partition coefficient (Wildman–Crippen LogP) is 3.40.